The third-order valence-corrected chi connectivity index (χ3v) is 3.93. The number of rotatable bonds is 4. The summed E-state index contributed by atoms with van der Waals surface area (Å²) in [6.07, 6.45) is -5.08. The first-order valence-electron chi connectivity index (χ1n) is 8.48. The van der Waals surface area contributed by atoms with Gasteiger partial charge in [0, 0.05) is 0 Å². The summed E-state index contributed by atoms with van der Waals surface area (Å²) in [6.45, 7) is 4.76. The summed E-state index contributed by atoms with van der Waals surface area (Å²) in [5, 5.41) is 10.6. The number of hydrogen-bond acceptors (Lipinski definition) is 4. The van der Waals surface area contributed by atoms with Crippen LogP contribution in [0.4, 0.5) is 13.2 Å². The summed E-state index contributed by atoms with van der Waals surface area (Å²) in [7, 11) is 0. The summed E-state index contributed by atoms with van der Waals surface area (Å²) >= 11 is 0. The predicted octanol–water partition coefficient (Wildman–Crippen LogP) is 4.22. The zero-order valence-corrected chi connectivity index (χ0v) is 15.4. The Morgan fingerprint density at radius 1 is 1.11 bits per heavy atom. The van der Waals surface area contributed by atoms with E-state index in [0.717, 1.165) is 11.6 Å². The second-order valence-corrected chi connectivity index (χ2v) is 6.60. The van der Waals surface area contributed by atoms with Crippen molar-refractivity contribution in [2.45, 2.75) is 31.6 Å². The smallest absolute Gasteiger partial charge is 0.486 e. The predicted molar refractivity (Wildman–Crippen MR) is 99.5 cm³/mol. The van der Waals surface area contributed by atoms with Gasteiger partial charge in [0.25, 0.3) is 0 Å². The molecule has 0 amide bonds. The van der Waals surface area contributed by atoms with Crippen molar-refractivity contribution in [2.75, 3.05) is 6.61 Å². The molecule has 1 unspecified atom stereocenters. The van der Waals surface area contributed by atoms with E-state index in [2.05, 4.69) is 43.4 Å². The van der Waals surface area contributed by atoms with Crippen LogP contribution in [0, 0.1) is 0 Å². The maximum Gasteiger partial charge on any atom is 0.490 e. The standard InChI is InChI=1S/C18H20N2O.C2HF3O2/c1-18(2)17(14-9-5-3-6-10-14)19-16(20-18)13-21-15-11-7-4-8-12-15;3-2(4,5)1(6)7/h3-12,17H,13H2,1-2H3,(H,19,20);(H,6,7). The number of para-hydroxylation sites is 1. The minimum absolute atomic E-state index is 0.170. The van der Waals surface area contributed by atoms with Gasteiger partial charge in [0.2, 0.25) is 0 Å². The van der Waals surface area contributed by atoms with Crippen LogP contribution in [0.3, 0.4) is 0 Å². The van der Waals surface area contributed by atoms with Gasteiger partial charge < -0.3 is 15.2 Å². The van der Waals surface area contributed by atoms with Crippen molar-refractivity contribution in [3.8, 4) is 5.75 Å². The number of alkyl halides is 3. The molecule has 5 nitrogen and oxygen atoms in total. The first-order chi connectivity index (χ1) is 13.1. The number of aliphatic imine (C=N–C) groups is 1. The minimum atomic E-state index is -5.08. The zero-order valence-electron chi connectivity index (χ0n) is 15.4. The number of carbonyl (C=O) groups is 1. The fourth-order valence-electron chi connectivity index (χ4n) is 2.67. The van der Waals surface area contributed by atoms with Crippen molar-refractivity contribution < 1.29 is 27.8 Å². The zero-order chi connectivity index (χ0) is 20.8. The van der Waals surface area contributed by atoms with Gasteiger partial charge in [0.15, 0.2) is 0 Å². The molecule has 1 atom stereocenters. The van der Waals surface area contributed by atoms with Crippen LogP contribution in [0.5, 0.6) is 5.75 Å². The van der Waals surface area contributed by atoms with Crippen LogP contribution in [0.1, 0.15) is 25.5 Å². The van der Waals surface area contributed by atoms with Gasteiger partial charge in [-0.1, -0.05) is 48.5 Å². The van der Waals surface area contributed by atoms with Crippen molar-refractivity contribution >= 4 is 11.8 Å². The van der Waals surface area contributed by atoms with Gasteiger partial charge in [0.1, 0.15) is 18.2 Å². The second-order valence-electron chi connectivity index (χ2n) is 6.60. The molecule has 2 aromatic rings. The van der Waals surface area contributed by atoms with Crippen molar-refractivity contribution in [1.29, 1.82) is 0 Å². The van der Waals surface area contributed by atoms with Crippen LogP contribution in [0.15, 0.2) is 65.7 Å². The summed E-state index contributed by atoms with van der Waals surface area (Å²) in [5.74, 6) is -0.992. The Morgan fingerprint density at radius 2 is 1.61 bits per heavy atom. The molecule has 2 aromatic carbocycles. The normalized spacial score (nSPS) is 17.6. The van der Waals surface area contributed by atoms with Gasteiger partial charge in [-0.05, 0) is 31.5 Å². The van der Waals surface area contributed by atoms with Crippen LogP contribution in [-0.4, -0.2) is 35.2 Å². The van der Waals surface area contributed by atoms with Crippen LogP contribution >= 0.6 is 0 Å². The maximum atomic E-state index is 10.6. The number of nitrogens with one attached hydrogen (secondary N) is 1. The summed E-state index contributed by atoms with van der Waals surface area (Å²) in [5.41, 5.74) is 1.08. The molecular weight excluding hydrogens is 373 g/mol. The number of hydrogen-bond donors (Lipinski definition) is 2. The monoisotopic (exact) mass is 394 g/mol. The van der Waals surface area contributed by atoms with E-state index in [1.165, 1.54) is 5.56 Å². The highest BCUT2D eigenvalue weighted by atomic mass is 19.4. The third-order valence-electron chi connectivity index (χ3n) is 3.93. The van der Waals surface area contributed by atoms with Gasteiger partial charge in [-0.25, -0.2) is 4.79 Å². The van der Waals surface area contributed by atoms with Crippen LogP contribution in [0.25, 0.3) is 0 Å². The maximum absolute atomic E-state index is 10.6. The first-order valence-corrected chi connectivity index (χ1v) is 8.48. The van der Waals surface area contributed by atoms with E-state index in [0.29, 0.717) is 6.61 Å². The van der Waals surface area contributed by atoms with E-state index in [1.54, 1.807) is 0 Å². The molecule has 0 saturated carbocycles. The molecule has 0 saturated heterocycles. The fourth-order valence-corrected chi connectivity index (χ4v) is 2.67. The molecule has 0 bridgehead atoms. The average molecular weight is 394 g/mol. The molecule has 1 aliphatic heterocycles. The summed E-state index contributed by atoms with van der Waals surface area (Å²) < 4.78 is 37.5. The molecule has 0 aliphatic carbocycles. The number of halogens is 3. The quantitative estimate of drug-likeness (QED) is 0.815. The Balaban J connectivity index is 0.000000345. The Hall–Kier alpha value is -3.03. The molecule has 3 rings (SSSR count). The van der Waals surface area contributed by atoms with Gasteiger partial charge in [-0.2, -0.15) is 13.2 Å². The summed E-state index contributed by atoms with van der Waals surface area (Å²) in [6, 6.07) is 20.4. The lowest BCUT2D eigenvalue weighted by molar-refractivity contribution is -0.192. The molecule has 1 heterocycles. The number of benzene rings is 2. The van der Waals surface area contributed by atoms with Gasteiger partial charge in [-0.3, -0.25) is 4.99 Å². The lowest BCUT2D eigenvalue weighted by atomic mass is 9.90. The molecule has 0 aromatic heterocycles. The number of carboxylic acids is 1. The molecule has 8 heteroatoms. The van der Waals surface area contributed by atoms with Gasteiger partial charge in [-0.15, -0.1) is 0 Å². The van der Waals surface area contributed by atoms with E-state index in [-0.39, 0.29) is 11.6 Å². The van der Waals surface area contributed by atoms with Crippen LogP contribution in [-0.2, 0) is 4.79 Å². The van der Waals surface area contributed by atoms with E-state index in [4.69, 9.17) is 19.6 Å². The largest absolute Gasteiger partial charge is 0.490 e. The second kappa shape index (κ2) is 8.77. The first kappa shape index (κ1) is 21.3. The molecule has 1 aliphatic rings. The number of carboxylic acid groups (broad SMARTS) is 1. The molecular formula is C20H21F3N2O3. The Morgan fingerprint density at radius 3 is 2.11 bits per heavy atom. The number of nitrogens with zero attached hydrogens (tertiary/aromatic N) is 1. The SMILES string of the molecule is CC1(C)N=C(COc2ccccc2)NC1c1ccccc1.O=C(O)C(F)(F)F. The Labute approximate surface area is 160 Å². The minimum Gasteiger partial charge on any atom is -0.486 e. The van der Waals surface area contributed by atoms with Gasteiger partial charge in [0.05, 0.1) is 11.6 Å². The Kier molecular flexibility index (Phi) is 6.66. The Bertz CT molecular complexity index is 806. The summed E-state index contributed by atoms with van der Waals surface area (Å²) in [4.78, 5) is 13.7. The molecule has 0 fully saturated rings. The molecule has 0 radical (unpaired) electrons. The lowest BCUT2D eigenvalue weighted by Crippen LogP contribution is -2.33. The van der Waals surface area contributed by atoms with Gasteiger partial charge >= 0.3 is 12.1 Å². The molecule has 150 valence electrons. The van der Waals surface area contributed by atoms with Crippen LogP contribution in [0.2, 0.25) is 0 Å². The lowest BCUT2D eigenvalue weighted by Gasteiger charge is -2.25. The van der Waals surface area contributed by atoms with Crippen molar-refractivity contribution in [3.63, 3.8) is 0 Å². The number of ether oxygens (including phenoxy) is 1. The van der Waals surface area contributed by atoms with Crippen molar-refractivity contribution in [2.24, 2.45) is 4.99 Å². The van der Waals surface area contributed by atoms with Crippen LogP contribution < -0.4 is 10.1 Å². The highest BCUT2D eigenvalue weighted by molar-refractivity contribution is 5.86. The van der Waals surface area contributed by atoms with Crippen molar-refractivity contribution in [1.82, 2.24) is 5.32 Å². The molecule has 28 heavy (non-hydrogen) atoms. The fraction of sp³-hybridized carbons (Fsp3) is 0.300. The molecule has 2 N–H and O–H groups in total. The van der Waals surface area contributed by atoms with E-state index in [9.17, 15) is 13.2 Å². The highest BCUT2D eigenvalue weighted by Gasteiger charge is 2.38. The number of amidine groups is 1. The van der Waals surface area contributed by atoms with E-state index in [1.807, 2.05) is 36.4 Å². The number of aliphatic carboxylic acids is 1. The van der Waals surface area contributed by atoms with Crippen molar-refractivity contribution in [3.05, 3.63) is 66.2 Å². The third kappa shape index (κ3) is 6.00. The topological polar surface area (TPSA) is 70.9 Å². The average Bonchev–Trinajstić information content (AvgIpc) is 2.96. The van der Waals surface area contributed by atoms with E-state index >= 15 is 0 Å². The highest BCUT2D eigenvalue weighted by Crippen LogP contribution is 2.33. The van der Waals surface area contributed by atoms with E-state index < -0.39 is 12.1 Å². The molecule has 0 spiro atoms.